The molecule has 1 aromatic rings. The minimum atomic E-state index is -5.61. The van der Waals surface area contributed by atoms with Crippen molar-refractivity contribution < 1.29 is 26.3 Å². The maximum absolute atomic E-state index is 12.0. The number of hydrogen-bond acceptors (Lipinski definition) is 2. The van der Waals surface area contributed by atoms with Crippen LogP contribution < -0.4 is 4.52 Å². The summed E-state index contributed by atoms with van der Waals surface area (Å²) in [5.41, 5.74) is -0.315. The van der Waals surface area contributed by atoms with Crippen molar-refractivity contribution in [2.24, 2.45) is 0 Å². The summed E-state index contributed by atoms with van der Waals surface area (Å²) in [4.78, 5) is 0. The molecule has 0 amide bonds. The molecule has 0 aromatic heterocycles. The lowest BCUT2D eigenvalue weighted by atomic mass is 10.2. The van der Waals surface area contributed by atoms with Crippen molar-refractivity contribution in [2.75, 3.05) is 0 Å². The summed E-state index contributed by atoms with van der Waals surface area (Å²) in [6, 6.07) is 3.67. The molecule has 0 aliphatic rings. The Kier molecular flexibility index (Phi) is 3.16. The van der Waals surface area contributed by atoms with E-state index in [-0.39, 0.29) is 5.56 Å². The van der Waals surface area contributed by atoms with Gasteiger partial charge in [0.25, 0.3) is 6.43 Å². The van der Waals surface area contributed by atoms with Gasteiger partial charge in [-0.05, 0) is 24.3 Å². The van der Waals surface area contributed by atoms with Crippen LogP contribution in [0.25, 0.3) is 0 Å². The summed E-state index contributed by atoms with van der Waals surface area (Å²) in [6.07, 6.45) is -2.67. The largest absolute Gasteiger partial charge is 0.610 e. The molecule has 0 saturated heterocycles. The molecule has 0 atom stereocenters. The summed E-state index contributed by atoms with van der Waals surface area (Å²) in [6.45, 7) is 0. The standard InChI is InChI=1S/C7H5F4O2P/c8-7(9)5-1-3-6(4-2-5)13-14(10,11)12/h1-4,7H. The fraction of sp³-hybridized carbons (Fsp3) is 0.143. The molecule has 0 aliphatic heterocycles. The second kappa shape index (κ2) is 4.00. The summed E-state index contributed by atoms with van der Waals surface area (Å²) < 4.78 is 61.3. The number of benzene rings is 1. The van der Waals surface area contributed by atoms with Gasteiger partial charge in [0.2, 0.25) is 0 Å². The molecule has 78 valence electrons. The first-order chi connectivity index (χ1) is 6.38. The fourth-order valence-electron chi connectivity index (χ4n) is 0.797. The van der Waals surface area contributed by atoms with Crippen LogP contribution in [0.2, 0.25) is 0 Å². The molecule has 0 spiro atoms. The summed E-state index contributed by atoms with van der Waals surface area (Å²) in [5.74, 6) is -0.400. The lowest BCUT2D eigenvalue weighted by molar-refractivity contribution is 0.151. The van der Waals surface area contributed by atoms with E-state index in [1.54, 1.807) is 0 Å². The van der Waals surface area contributed by atoms with Crippen LogP contribution >= 0.6 is 7.99 Å². The minimum absolute atomic E-state index is 0.315. The number of rotatable bonds is 3. The van der Waals surface area contributed by atoms with Gasteiger partial charge in [-0.1, -0.05) is 0 Å². The maximum atomic E-state index is 12.0. The Morgan fingerprint density at radius 2 is 1.64 bits per heavy atom. The van der Waals surface area contributed by atoms with Crippen LogP contribution in [0.15, 0.2) is 24.3 Å². The molecule has 0 radical (unpaired) electrons. The zero-order valence-corrected chi connectivity index (χ0v) is 7.56. The normalized spacial score (nSPS) is 11.8. The van der Waals surface area contributed by atoms with Gasteiger partial charge in [-0.15, -0.1) is 8.39 Å². The Hall–Kier alpha value is -1.03. The van der Waals surface area contributed by atoms with Gasteiger partial charge in [-0.25, -0.2) is 13.3 Å². The van der Waals surface area contributed by atoms with E-state index in [4.69, 9.17) is 0 Å². The smallest absolute Gasteiger partial charge is 0.398 e. The highest BCUT2D eigenvalue weighted by Gasteiger charge is 2.22. The molecule has 1 aromatic carbocycles. The molecular formula is C7H5F4O2P. The lowest BCUT2D eigenvalue weighted by Gasteiger charge is -2.04. The molecule has 0 saturated carbocycles. The predicted octanol–water partition coefficient (Wildman–Crippen LogP) is 4.05. The van der Waals surface area contributed by atoms with Crippen molar-refractivity contribution in [3.8, 4) is 5.75 Å². The average molecular weight is 228 g/mol. The van der Waals surface area contributed by atoms with Gasteiger partial charge in [0.1, 0.15) is 5.75 Å². The van der Waals surface area contributed by atoms with Crippen LogP contribution in [0.1, 0.15) is 12.0 Å². The van der Waals surface area contributed by atoms with E-state index in [2.05, 4.69) is 4.52 Å². The van der Waals surface area contributed by atoms with Gasteiger partial charge < -0.3 is 4.52 Å². The van der Waals surface area contributed by atoms with E-state index >= 15 is 0 Å². The predicted molar refractivity (Wildman–Crippen MR) is 41.8 cm³/mol. The van der Waals surface area contributed by atoms with Gasteiger partial charge in [0, 0.05) is 5.56 Å². The molecule has 0 bridgehead atoms. The van der Waals surface area contributed by atoms with Crippen molar-refractivity contribution in [1.29, 1.82) is 0 Å². The van der Waals surface area contributed by atoms with E-state index in [0.29, 0.717) is 0 Å². The third-order valence-corrected chi connectivity index (χ3v) is 1.77. The van der Waals surface area contributed by atoms with Gasteiger partial charge in [-0.2, -0.15) is 0 Å². The van der Waals surface area contributed by atoms with E-state index in [9.17, 15) is 21.7 Å². The highest BCUT2D eigenvalue weighted by Crippen LogP contribution is 2.50. The maximum Gasteiger partial charge on any atom is 0.610 e. The zero-order chi connectivity index (χ0) is 10.8. The highest BCUT2D eigenvalue weighted by molar-refractivity contribution is 7.48. The number of hydrogen-bond donors (Lipinski definition) is 0. The Bertz CT molecular complexity index is 345. The molecule has 0 fully saturated rings. The molecule has 1 rings (SSSR count). The molecule has 0 heterocycles. The van der Waals surface area contributed by atoms with Crippen LogP contribution in [0, 0.1) is 0 Å². The quantitative estimate of drug-likeness (QED) is 0.576. The van der Waals surface area contributed by atoms with Crippen molar-refractivity contribution in [1.82, 2.24) is 0 Å². The van der Waals surface area contributed by atoms with Crippen molar-refractivity contribution in [3.63, 3.8) is 0 Å². The lowest BCUT2D eigenvalue weighted by Crippen LogP contribution is -1.86. The van der Waals surface area contributed by atoms with E-state index in [0.717, 1.165) is 24.3 Å². The average Bonchev–Trinajstić information content (AvgIpc) is 2.02. The first-order valence-electron chi connectivity index (χ1n) is 3.45. The Balaban J connectivity index is 2.79. The minimum Gasteiger partial charge on any atom is -0.398 e. The fourth-order valence-corrected chi connectivity index (χ4v) is 1.16. The van der Waals surface area contributed by atoms with Gasteiger partial charge in [0.15, 0.2) is 0 Å². The van der Waals surface area contributed by atoms with Crippen LogP contribution in [0.3, 0.4) is 0 Å². The third kappa shape index (κ3) is 3.38. The first kappa shape index (κ1) is 11.0. The second-order valence-corrected chi connectivity index (χ2v) is 3.39. The zero-order valence-electron chi connectivity index (χ0n) is 6.66. The van der Waals surface area contributed by atoms with Crippen molar-refractivity contribution in [3.05, 3.63) is 29.8 Å². The molecule has 7 heteroatoms. The Labute approximate surface area is 77.2 Å². The van der Waals surface area contributed by atoms with Gasteiger partial charge in [-0.3, -0.25) is 0 Å². The molecule has 0 aliphatic carbocycles. The third-order valence-electron chi connectivity index (χ3n) is 1.34. The SMILES string of the molecule is O=P(F)(F)Oc1ccc(C(F)F)cc1. The Morgan fingerprint density at radius 1 is 1.14 bits per heavy atom. The van der Waals surface area contributed by atoms with E-state index < -0.39 is 20.2 Å². The number of alkyl halides is 2. The van der Waals surface area contributed by atoms with Gasteiger partial charge >= 0.3 is 7.99 Å². The summed E-state index contributed by atoms with van der Waals surface area (Å²) in [7, 11) is -5.61. The van der Waals surface area contributed by atoms with Gasteiger partial charge in [0.05, 0.1) is 0 Å². The summed E-state index contributed by atoms with van der Waals surface area (Å²) in [5, 5.41) is 0. The van der Waals surface area contributed by atoms with Crippen molar-refractivity contribution in [2.45, 2.75) is 6.43 Å². The van der Waals surface area contributed by atoms with E-state index in [1.165, 1.54) is 0 Å². The topological polar surface area (TPSA) is 26.3 Å². The first-order valence-corrected chi connectivity index (χ1v) is 4.86. The van der Waals surface area contributed by atoms with Crippen molar-refractivity contribution >= 4 is 7.99 Å². The van der Waals surface area contributed by atoms with Crippen LogP contribution in [-0.4, -0.2) is 0 Å². The second-order valence-electron chi connectivity index (χ2n) is 2.38. The molecule has 2 nitrogen and oxygen atoms in total. The van der Waals surface area contributed by atoms with E-state index in [1.807, 2.05) is 0 Å². The van der Waals surface area contributed by atoms with Crippen LogP contribution in [0.5, 0.6) is 5.75 Å². The molecule has 0 unspecified atom stereocenters. The highest BCUT2D eigenvalue weighted by atomic mass is 31.2. The Morgan fingerprint density at radius 3 is 2.00 bits per heavy atom. The number of halogens is 4. The van der Waals surface area contributed by atoms with Crippen LogP contribution in [-0.2, 0) is 4.57 Å². The molecular weight excluding hydrogens is 223 g/mol. The van der Waals surface area contributed by atoms with Crippen LogP contribution in [0.4, 0.5) is 17.2 Å². The summed E-state index contributed by atoms with van der Waals surface area (Å²) >= 11 is 0. The molecule has 0 N–H and O–H groups in total. The monoisotopic (exact) mass is 228 g/mol. The molecule has 14 heavy (non-hydrogen) atoms.